The molecule has 1 aliphatic rings. The Bertz CT molecular complexity index is 677. The van der Waals surface area contributed by atoms with Gasteiger partial charge in [0.25, 0.3) is 0 Å². The van der Waals surface area contributed by atoms with Crippen molar-refractivity contribution in [2.24, 2.45) is 4.99 Å². The zero-order valence-electron chi connectivity index (χ0n) is 20.0. The first kappa shape index (κ1) is 24.6. The van der Waals surface area contributed by atoms with Crippen LogP contribution >= 0.6 is 0 Å². The van der Waals surface area contributed by atoms with Crippen LogP contribution < -0.4 is 13.1 Å². The first-order valence-electron chi connectivity index (χ1n) is 11.8. The molecule has 0 spiro atoms. The van der Waals surface area contributed by atoms with Crippen LogP contribution in [0.2, 0.25) is 13.3 Å². The van der Waals surface area contributed by atoms with Gasteiger partial charge in [-0.25, -0.2) is 0 Å². The van der Waals surface area contributed by atoms with Crippen LogP contribution in [0.25, 0.3) is 0 Å². The molecule has 0 fully saturated rings. The second kappa shape index (κ2) is 11.6. The van der Waals surface area contributed by atoms with Crippen molar-refractivity contribution in [1.82, 2.24) is 0 Å². The molecule has 3 nitrogen and oxygen atoms in total. The van der Waals surface area contributed by atoms with E-state index in [0.29, 0.717) is 6.04 Å². The molecule has 0 saturated carbocycles. The summed E-state index contributed by atoms with van der Waals surface area (Å²) in [4.78, 5) is 4.92. The van der Waals surface area contributed by atoms with Crippen molar-refractivity contribution >= 4 is 27.7 Å². The normalized spacial score (nSPS) is 16.4. The molecule has 0 N–H and O–H groups in total. The Morgan fingerprint density at radius 1 is 0.966 bits per heavy atom. The molecule has 0 radical (unpaired) electrons. The Hall–Kier alpha value is -0.711. The number of hydrogen-bond donors (Lipinski definition) is 0. The zero-order chi connectivity index (χ0) is 21.4. The minimum atomic E-state index is -2.74. The number of rotatable bonds is 12. The molecule has 0 bridgehead atoms. The van der Waals surface area contributed by atoms with Crippen molar-refractivity contribution in [2.45, 2.75) is 98.9 Å². The van der Waals surface area contributed by atoms with E-state index < -0.39 is 18.4 Å². The summed E-state index contributed by atoms with van der Waals surface area (Å²) in [6, 6.07) is 2.67. The van der Waals surface area contributed by atoms with E-state index in [2.05, 4.69) is 40.7 Å². The van der Waals surface area contributed by atoms with E-state index in [9.17, 15) is 0 Å². The number of methoxy groups -OCH3 is 2. The fraction of sp³-hybridized carbons (Fsp3) is 0.720. The fourth-order valence-corrected chi connectivity index (χ4v) is 22.3. The van der Waals surface area contributed by atoms with Crippen LogP contribution in [0.4, 0.5) is 0 Å². The van der Waals surface area contributed by atoms with Crippen LogP contribution in [0.3, 0.4) is 0 Å². The summed E-state index contributed by atoms with van der Waals surface area (Å²) >= 11 is -2.74. The van der Waals surface area contributed by atoms with Gasteiger partial charge in [-0.05, 0) is 0 Å². The standard InChI is InChI=1S/C13H16NO2.3C4H9.Sn/c1-8-5-10-6-11(15-3)7-12(16-4)13(10)9(2)14-8;3*1-3-4-2;/h6,8H,5H2,1-4H3;3*1,3-4H2,2H3;. The quantitative estimate of drug-likeness (QED) is 0.302. The van der Waals surface area contributed by atoms with E-state index in [1.165, 1.54) is 66.5 Å². The van der Waals surface area contributed by atoms with Crippen molar-refractivity contribution in [2.75, 3.05) is 14.2 Å². The Morgan fingerprint density at radius 2 is 1.52 bits per heavy atom. The number of fused-ring (bicyclic) bond motifs is 1. The summed E-state index contributed by atoms with van der Waals surface area (Å²) in [5.41, 5.74) is 3.76. The fourth-order valence-electron chi connectivity index (χ4n) is 5.16. The van der Waals surface area contributed by atoms with Crippen LogP contribution in [0, 0.1) is 0 Å². The number of hydrogen-bond acceptors (Lipinski definition) is 3. The van der Waals surface area contributed by atoms with Gasteiger partial charge in [-0.1, -0.05) is 0 Å². The number of unbranched alkanes of at least 4 members (excludes halogenated alkanes) is 3. The van der Waals surface area contributed by atoms with E-state index >= 15 is 0 Å². The molecule has 1 aliphatic heterocycles. The molecular weight excluding hydrogens is 465 g/mol. The van der Waals surface area contributed by atoms with Crippen molar-refractivity contribution in [3.05, 3.63) is 17.2 Å². The molecular formula is C25H43NO2Sn. The Kier molecular flexibility index (Phi) is 9.84. The van der Waals surface area contributed by atoms with Crippen molar-refractivity contribution < 1.29 is 9.47 Å². The summed E-state index contributed by atoms with van der Waals surface area (Å²) < 4.78 is 18.1. The van der Waals surface area contributed by atoms with Gasteiger partial charge in [-0.15, -0.1) is 0 Å². The minimum absolute atomic E-state index is 0.330. The summed E-state index contributed by atoms with van der Waals surface area (Å²) in [6.07, 6.45) is 8.77. The average Bonchev–Trinajstić information content (AvgIpc) is 2.72. The van der Waals surface area contributed by atoms with E-state index in [4.69, 9.17) is 14.5 Å². The average molecular weight is 508 g/mol. The molecule has 1 atom stereocenters. The molecule has 1 heterocycles. The van der Waals surface area contributed by atoms with Crippen molar-refractivity contribution in [3.63, 3.8) is 0 Å². The van der Waals surface area contributed by atoms with Gasteiger partial charge < -0.3 is 0 Å². The van der Waals surface area contributed by atoms with Gasteiger partial charge in [-0.2, -0.15) is 0 Å². The molecule has 164 valence electrons. The maximum absolute atomic E-state index is 6.23. The van der Waals surface area contributed by atoms with Gasteiger partial charge in [0, 0.05) is 0 Å². The van der Waals surface area contributed by atoms with E-state index in [1.807, 2.05) is 14.2 Å². The second-order valence-electron chi connectivity index (χ2n) is 8.88. The predicted octanol–water partition coefficient (Wildman–Crippen LogP) is 6.51. The summed E-state index contributed by atoms with van der Waals surface area (Å²) in [6.45, 7) is 11.3. The maximum atomic E-state index is 6.23. The number of benzene rings is 1. The second-order valence-corrected chi connectivity index (χ2v) is 21.9. The molecule has 29 heavy (non-hydrogen) atoms. The topological polar surface area (TPSA) is 30.8 Å². The van der Waals surface area contributed by atoms with Crippen LogP contribution in [0.15, 0.2) is 11.1 Å². The molecule has 1 aromatic carbocycles. The zero-order valence-corrected chi connectivity index (χ0v) is 22.8. The Balaban J connectivity index is 2.77. The van der Waals surface area contributed by atoms with E-state index in [1.54, 1.807) is 0 Å². The molecule has 2 rings (SSSR count). The van der Waals surface area contributed by atoms with Crippen LogP contribution in [-0.2, 0) is 6.42 Å². The number of aliphatic imine (C=N–C) groups is 1. The van der Waals surface area contributed by atoms with Crippen molar-refractivity contribution in [1.29, 1.82) is 0 Å². The van der Waals surface area contributed by atoms with E-state index in [0.717, 1.165) is 23.6 Å². The Morgan fingerprint density at radius 3 is 1.97 bits per heavy atom. The summed E-state index contributed by atoms with van der Waals surface area (Å²) in [7, 11) is 3.72. The van der Waals surface area contributed by atoms with Crippen LogP contribution in [-0.4, -0.2) is 44.4 Å². The molecule has 0 aromatic heterocycles. The molecule has 0 amide bonds. The predicted molar refractivity (Wildman–Crippen MR) is 129 cm³/mol. The summed E-state index contributed by atoms with van der Waals surface area (Å²) in [5, 5.41) is 0. The first-order valence-corrected chi connectivity index (χ1v) is 19.3. The number of nitrogens with zero attached hydrogens (tertiary/aromatic N) is 1. The van der Waals surface area contributed by atoms with Gasteiger partial charge in [0.1, 0.15) is 0 Å². The van der Waals surface area contributed by atoms with Gasteiger partial charge >= 0.3 is 184 Å². The molecule has 0 saturated heterocycles. The Labute approximate surface area is 183 Å². The first-order chi connectivity index (χ1) is 14.0. The van der Waals surface area contributed by atoms with Gasteiger partial charge in [-0.3, -0.25) is 0 Å². The number of ether oxygens (including phenoxy) is 2. The van der Waals surface area contributed by atoms with Crippen LogP contribution in [0.5, 0.6) is 11.5 Å². The molecule has 1 unspecified atom stereocenters. The van der Waals surface area contributed by atoms with Crippen molar-refractivity contribution in [3.8, 4) is 11.5 Å². The van der Waals surface area contributed by atoms with E-state index in [-0.39, 0.29) is 0 Å². The van der Waals surface area contributed by atoms with Crippen LogP contribution in [0.1, 0.15) is 84.3 Å². The van der Waals surface area contributed by atoms with Gasteiger partial charge in [0.2, 0.25) is 0 Å². The summed E-state index contributed by atoms with van der Waals surface area (Å²) in [5.74, 6) is 2.23. The third kappa shape index (κ3) is 5.51. The third-order valence-corrected chi connectivity index (χ3v) is 22.2. The van der Waals surface area contributed by atoms with Gasteiger partial charge in [0.15, 0.2) is 0 Å². The van der Waals surface area contributed by atoms with Gasteiger partial charge in [0.05, 0.1) is 0 Å². The SMILES string of the molecule is CCC[CH2][Sn]([CH2]CCC)([CH2]CCC)[c]1c(OC)cc2c(c1OC)C(C)=NC(C)C2. The third-order valence-electron chi connectivity index (χ3n) is 6.60. The monoisotopic (exact) mass is 509 g/mol. The molecule has 1 aromatic rings. The molecule has 4 heteroatoms. The molecule has 0 aliphatic carbocycles.